The summed E-state index contributed by atoms with van der Waals surface area (Å²) in [6, 6.07) is 10.4. The molecule has 0 unspecified atom stereocenters. The van der Waals surface area contributed by atoms with Crippen LogP contribution >= 0.6 is 0 Å². The van der Waals surface area contributed by atoms with Crippen molar-refractivity contribution in [2.24, 2.45) is 0 Å². The number of hydrogen-bond acceptors (Lipinski definition) is 3. The maximum absolute atomic E-state index is 13.6. The molecule has 0 saturated carbocycles. The lowest BCUT2D eigenvalue weighted by molar-refractivity contribution is 0.0317. The highest BCUT2D eigenvalue weighted by Crippen LogP contribution is 2.19. The van der Waals surface area contributed by atoms with Gasteiger partial charge in [-0.25, -0.2) is 4.39 Å². The van der Waals surface area contributed by atoms with Crippen LogP contribution in [0.3, 0.4) is 0 Å². The van der Waals surface area contributed by atoms with Crippen molar-refractivity contribution in [2.75, 3.05) is 20.1 Å². The molecule has 5 heteroatoms. The molecular formula is C17H18FN3O. The molecule has 0 N–H and O–H groups in total. The molecule has 22 heavy (non-hydrogen) atoms. The zero-order valence-corrected chi connectivity index (χ0v) is 12.4. The summed E-state index contributed by atoms with van der Waals surface area (Å²) in [5.41, 5.74) is 1.29. The second-order valence-electron chi connectivity index (χ2n) is 5.62. The summed E-state index contributed by atoms with van der Waals surface area (Å²) in [7, 11) is 2.03. The van der Waals surface area contributed by atoms with Crippen molar-refractivity contribution in [3.05, 3.63) is 65.7 Å². The third-order valence-corrected chi connectivity index (χ3v) is 4.03. The molecule has 0 bridgehead atoms. The van der Waals surface area contributed by atoms with Gasteiger partial charge in [-0.05, 0) is 30.8 Å². The summed E-state index contributed by atoms with van der Waals surface area (Å²) in [5, 5.41) is 0. The molecule has 1 fully saturated rings. The van der Waals surface area contributed by atoms with E-state index in [1.54, 1.807) is 23.2 Å². The van der Waals surface area contributed by atoms with Crippen molar-refractivity contribution in [3.8, 4) is 0 Å². The number of nitrogens with zero attached hydrogens (tertiary/aromatic N) is 3. The highest BCUT2D eigenvalue weighted by atomic mass is 19.1. The fourth-order valence-electron chi connectivity index (χ4n) is 2.61. The van der Waals surface area contributed by atoms with E-state index in [0.717, 1.165) is 12.1 Å². The Labute approximate surface area is 129 Å². The first-order chi connectivity index (χ1) is 10.6. The number of hydrogen-bond donors (Lipinski definition) is 0. The van der Waals surface area contributed by atoms with Crippen LogP contribution in [0, 0.1) is 5.82 Å². The standard InChI is InChI=1S/C17H18FN3O/c1-20(10-13-5-4-8-19-9-13)14-11-21(12-14)17(22)15-6-2-3-7-16(15)18/h2-9,14H,10-12H2,1H3. The zero-order valence-electron chi connectivity index (χ0n) is 12.4. The van der Waals surface area contributed by atoms with E-state index in [1.807, 2.05) is 25.4 Å². The van der Waals surface area contributed by atoms with E-state index in [2.05, 4.69) is 9.88 Å². The maximum Gasteiger partial charge on any atom is 0.256 e. The van der Waals surface area contributed by atoms with Crippen molar-refractivity contribution >= 4 is 5.91 Å². The van der Waals surface area contributed by atoms with Crippen LogP contribution in [0.15, 0.2) is 48.8 Å². The molecule has 1 aromatic heterocycles. The number of likely N-dealkylation sites (tertiary alicyclic amines) is 1. The molecule has 1 aliphatic heterocycles. The van der Waals surface area contributed by atoms with Crippen LogP contribution in [0.5, 0.6) is 0 Å². The van der Waals surface area contributed by atoms with Gasteiger partial charge in [0.25, 0.3) is 5.91 Å². The summed E-state index contributed by atoms with van der Waals surface area (Å²) in [6.45, 7) is 2.05. The van der Waals surface area contributed by atoms with Crippen LogP contribution in [0.2, 0.25) is 0 Å². The van der Waals surface area contributed by atoms with E-state index in [9.17, 15) is 9.18 Å². The van der Waals surface area contributed by atoms with Gasteiger partial charge in [0, 0.05) is 38.1 Å². The van der Waals surface area contributed by atoms with E-state index in [1.165, 1.54) is 12.1 Å². The molecule has 1 amide bonds. The summed E-state index contributed by atoms with van der Waals surface area (Å²) in [4.78, 5) is 20.2. The van der Waals surface area contributed by atoms with Crippen LogP contribution < -0.4 is 0 Å². The first-order valence-corrected chi connectivity index (χ1v) is 7.28. The lowest BCUT2D eigenvalue weighted by Gasteiger charge is -2.44. The van der Waals surface area contributed by atoms with Crippen LogP contribution in [-0.2, 0) is 6.54 Å². The molecule has 0 atom stereocenters. The minimum absolute atomic E-state index is 0.149. The SMILES string of the molecule is CN(Cc1cccnc1)C1CN(C(=O)c2ccccc2F)C1. The van der Waals surface area contributed by atoms with Gasteiger partial charge in [0.05, 0.1) is 5.56 Å². The van der Waals surface area contributed by atoms with Gasteiger partial charge in [0.15, 0.2) is 0 Å². The molecule has 1 aromatic carbocycles. The molecule has 2 heterocycles. The minimum Gasteiger partial charge on any atom is -0.335 e. The fourth-order valence-corrected chi connectivity index (χ4v) is 2.61. The largest absolute Gasteiger partial charge is 0.335 e. The van der Waals surface area contributed by atoms with Crippen LogP contribution in [0.25, 0.3) is 0 Å². The Kier molecular flexibility index (Phi) is 4.15. The van der Waals surface area contributed by atoms with Gasteiger partial charge in [-0.1, -0.05) is 18.2 Å². The third-order valence-electron chi connectivity index (χ3n) is 4.03. The third kappa shape index (κ3) is 2.99. The highest BCUT2D eigenvalue weighted by Gasteiger charge is 2.34. The number of aromatic nitrogens is 1. The molecule has 4 nitrogen and oxygen atoms in total. The Morgan fingerprint density at radius 3 is 2.77 bits per heavy atom. The summed E-state index contributed by atoms with van der Waals surface area (Å²) >= 11 is 0. The predicted molar refractivity (Wildman–Crippen MR) is 81.8 cm³/mol. The Bertz CT molecular complexity index is 656. The number of likely N-dealkylation sites (N-methyl/N-ethyl adjacent to an activating group) is 1. The Morgan fingerprint density at radius 1 is 1.32 bits per heavy atom. The average Bonchev–Trinajstić information content (AvgIpc) is 2.47. The highest BCUT2D eigenvalue weighted by molar-refractivity contribution is 5.95. The van der Waals surface area contributed by atoms with Gasteiger partial charge in [-0.2, -0.15) is 0 Å². The van der Waals surface area contributed by atoms with Gasteiger partial charge >= 0.3 is 0 Å². The van der Waals surface area contributed by atoms with Crippen LogP contribution in [-0.4, -0.2) is 46.9 Å². The van der Waals surface area contributed by atoms with Crippen molar-refractivity contribution in [3.63, 3.8) is 0 Å². The lowest BCUT2D eigenvalue weighted by Crippen LogP contribution is -2.60. The number of pyridine rings is 1. The lowest BCUT2D eigenvalue weighted by atomic mass is 10.0. The fraction of sp³-hybridized carbons (Fsp3) is 0.294. The Hall–Kier alpha value is -2.27. The summed E-state index contributed by atoms with van der Waals surface area (Å²) in [5.74, 6) is -0.691. The molecule has 3 rings (SSSR count). The molecule has 1 aliphatic rings. The smallest absolute Gasteiger partial charge is 0.256 e. The number of benzene rings is 1. The van der Waals surface area contributed by atoms with Gasteiger partial charge in [0.2, 0.25) is 0 Å². The van der Waals surface area contributed by atoms with Crippen molar-refractivity contribution in [1.82, 2.24) is 14.8 Å². The molecular weight excluding hydrogens is 281 g/mol. The second kappa shape index (κ2) is 6.23. The minimum atomic E-state index is -0.459. The maximum atomic E-state index is 13.6. The van der Waals surface area contributed by atoms with E-state index >= 15 is 0 Å². The summed E-state index contributed by atoms with van der Waals surface area (Å²) < 4.78 is 13.6. The molecule has 114 valence electrons. The molecule has 0 aliphatic carbocycles. The molecule has 2 aromatic rings. The van der Waals surface area contributed by atoms with E-state index in [4.69, 9.17) is 0 Å². The first kappa shape index (κ1) is 14.7. The quantitative estimate of drug-likeness (QED) is 0.868. The normalized spacial score (nSPS) is 15.0. The van der Waals surface area contributed by atoms with Crippen molar-refractivity contribution in [2.45, 2.75) is 12.6 Å². The van der Waals surface area contributed by atoms with E-state index < -0.39 is 5.82 Å². The van der Waals surface area contributed by atoms with Gasteiger partial charge in [-0.15, -0.1) is 0 Å². The first-order valence-electron chi connectivity index (χ1n) is 7.28. The van der Waals surface area contributed by atoms with Gasteiger partial charge in [-0.3, -0.25) is 14.7 Å². The molecule has 0 radical (unpaired) electrons. The van der Waals surface area contributed by atoms with Crippen molar-refractivity contribution < 1.29 is 9.18 Å². The van der Waals surface area contributed by atoms with Gasteiger partial charge in [0.1, 0.15) is 5.82 Å². The predicted octanol–water partition coefficient (Wildman–Crippen LogP) is 2.18. The Morgan fingerprint density at radius 2 is 2.09 bits per heavy atom. The zero-order chi connectivity index (χ0) is 15.5. The topological polar surface area (TPSA) is 36.4 Å². The van der Waals surface area contributed by atoms with Crippen LogP contribution in [0.1, 0.15) is 15.9 Å². The second-order valence-corrected chi connectivity index (χ2v) is 5.62. The average molecular weight is 299 g/mol. The Balaban J connectivity index is 1.55. The number of rotatable bonds is 4. The number of carbonyl (C=O) groups is 1. The van der Waals surface area contributed by atoms with E-state index in [-0.39, 0.29) is 11.5 Å². The van der Waals surface area contributed by atoms with E-state index in [0.29, 0.717) is 19.1 Å². The van der Waals surface area contributed by atoms with Crippen molar-refractivity contribution in [1.29, 1.82) is 0 Å². The molecule has 0 spiro atoms. The number of carbonyl (C=O) groups excluding carboxylic acids is 1. The van der Waals surface area contributed by atoms with Crippen LogP contribution in [0.4, 0.5) is 4.39 Å². The van der Waals surface area contributed by atoms with Gasteiger partial charge < -0.3 is 4.90 Å². The number of amides is 1. The number of halogens is 1. The summed E-state index contributed by atoms with van der Waals surface area (Å²) in [6.07, 6.45) is 3.60. The molecule has 1 saturated heterocycles. The monoisotopic (exact) mass is 299 g/mol.